The van der Waals surface area contributed by atoms with Gasteiger partial charge >= 0.3 is 5.97 Å². The van der Waals surface area contributed by atoms with Crippen molar-refractivity contribution in [3.05, 3.63) is 5.82 Å². The van der Waals surface area contributed by atoms with Crippen LogP contribution in [0.3, 0.4) is 0 Å². The maximum absolute atomic E-state index is 10.5. The lowest BCUT2D eigenvalue weighted by Crippen LogP contribution is -2.28. The van der Waals surface area contributed by atoms with E-state index in [-0.39, 0.29) is 6.42 Å². The second-order valence-electron chi connectivity index (χ2n) is 3.69. The average molecular weight is 227 g/mol. The molecule has 2 rings (SSSR count). The normalized spacial score (nSPS) is 15.3. The molecule has 0 atom stereocenters. The fourth-order valence-electron chi connectivity index (χ4n) is 1.44. The lowest BCUT2D eigenvalue weighted by Gasteiger charge is -2.19. The summed E-state index contributed by atoms with van der Waals surface area (Å²) in [6.45, 7) is 2.39. The van der Waals surface area contributed by atoms with E-state index >= 15 is 0 Å². The number of carboxylic acids is 1. The van der Waals surface area contributed by atoms with Gasteiger partial charge in [-0.25, -0.2) is 4.98 Å². The van der Waals surface area contributed by atoms with Crippen LogP contribution in [0.4, 0.5) is 5.13 Å². The maximum atomic E-state index is 10.5. The van der Waals surface area contributed by atoms with Crippen molar-refractivity contribution in [2.24, 2.45) is 0 Å². The van der Waals surface area contributed by atoms with Crippen LogP contribution in [0.5, 0.6) is 0 Å². The van der Waals surface area contributed by atoms with Crippen LogP contribution in [0.15, 0.2) is 0 Å². The summed E-state index contributed by atoms with van der Waals surface area (Å²) < 4.78 is 4.12. The average Bonchev–Trinajstić information content (AvgIpc) is 2.90. The molecule has 0 aromatic carbocycles. The molecule has 1 heterocycles. The molecule has 15 heavy (non-hydrogen) atoms. The van der Waals surface area contributed by atoms with E-state index in [1.807, 2.05) is 6.92 Å². The molecule has 1 N–H and O–H groups in total. The van der Waals surface area contributed by atoms with Gasteiger partial charge in [0.2, 0.25) is 5.13 Å². The van der Waals surface area contributed by atoms with Crippen molar-refractivity contribution in [1.29, 1.82) is 0 Å². The topological polar surface area (TPSA) is 66.3 Å². The standard InChI is InChI=1S/C9H13N3O2S/c1-6-10-9(15-11-6)12(7-2-3-7)5-4-8(13)14/h7H,2-5H2,1H3,(H,13,14). The highest BCUT2D eigenvalue weighted by molar-refractivity contribution is 7.09. The number of hydrogen-bond acceptors (Lipinski definition) is 5. The van der Waals surface area contributed by atoms with Crippen molar-refractivity contribution in [3.63, 3.8) is 0 Å². The van der Waals surface area contributed by atoms with Gasteiger partial charge < -0.3 is 10.0 Å². The molecule has 1 aromatic rings. The Bertz CT molecular complexity index is 362. The highest BCUT2D eigenvalue weighted by Gasteiger charge is 2.31. The first-order valence-electron chi connectivity index (χ1n) is 4.95. The zero-order valence-electron chi connectivity index (χ0n) is 8.51. The minimum absolute atomic E-state index is 0.162. The molecule has 5 nitrogen and oxygen atoms in total. The molecule has 0 amide bonds. The van der Waals surface area contributed by atoms with Crippen LogP contribution >= 0.6 is 11.5 Å². The van der Waals surface area contributed by atoms with Crippen molar-refractivity contribution in [2.45, 2.75) is 32.2 Å². The summed E-state index contributed by atoms with van der Waals surface area (Å²) in [6, 6.07) is 0.483. The van der Waals surface area contributed by atoms with Gasteiger partial charge in [-0.05, 0) is 19.8 Å². The number of hydrogen-bond donors (Lipinski definition) is 1. The minimum atomic E-state index is -0.762. The molecule has 0 spiro atoms. The molecule has 0 bridgehead atoms. The van der Waals surface area contributed by atoms with Crippen molar-refractivity contribution in [2.75, 3.05) is 11.4 Å². The lowest BCUT2D eigenvalue weighted by atomic mass is 10.4. The highest BCUT2D eigenvalue weighted by atomic mass is 32.1. The van der Waals surface area contributed by atoms with E-state index in [1.54, 1.807) is 0 Å². The number of anilines is 1. The minimum Gasteiger partial charge on any atom is -0.481 e. The molecular formula is C9H13N3O2S. The van der Waals surface area contributed by atoms with Crippen LogP contribution in [0.2, 0.25) is 0 Å². The molecule has 6 heteroatoms. The van der Waals surface area contributed by atoms with Gasteiger partial charge in [0.05, 0.1) is 6.42 Å². The van der Waals surface area contributed by atoms with E-state index in [2.05, 4.69) is 14.3 Å². The van der Waals surface area contributed by atoms with Crippen molar-refractivity contribution >= 4 is 22.6 Å². The predicted molar refractivity (Wildman–Crippen MR) is 57.3 cm³/mol. The zero-order chi connectivity index (χ0) is 10.8. The maximum Gasteiger partial charge on any atom is 0.305 e. The quantitative estimate of drug-likeness (QED) is 0.821. The Balaban J connectivity index is 2.02. The summed E-state index contributed by atoms with van der Waals surface area (Å²) in [5, 5.41) is 9.52. The molecule has 0 radical (unpaired) electrons. The van der Waals surface area contributed by atoms with Gasteiger partial charge in [-0.3, -0.25) is 4.79 Å². The first kappa shape index (κ1) is 10.4. The van der Waals surface area contributed by atoms with Crippen LogP contribution < -0.4 is 4.90 Å². The van der Waals surface area contributed by atoms with Crippen LogP contribution in [-0.4, -0.2) is 33.0 Å². The van der Waals surface area contributed by atoms with E-state index < -0.39 is 5.97 Å². The number of aryl methyl sites for hydroxylation is 1. The first-order chi connectivity index (χ1) is 7.16. The molecule has 82 valence electrons. The highest BCUT2D eigenvalue weighted by Crippen LogP contribution is 2.32. The first-order valence-corrected chi connectivity index (χ1v) is 5.73. The van der Waals surface area contributed by atoms with Crippen molar-refractivity contribution in [1.82, 2.24) is 9.36 Å². The third-order valence-corrected chi connectivity index (χ3v) is 3.16. The van der Waals surface area contributed by atoms with Gasteiger partial charge in [0.15, 0.2) is 0 Å². The van der Waals surface area contributed by atoms with Crippen LogP contribution in [-0.2, 0) is 4.79 Å². The summed E-state index contributed by atoms with van der Waals surface area (Å²) >= 11 is 1.35. The number of carboxylic acid groups (broad SMARTS) is 1. The summed E-state index contributed by atoms with van der Waals surface area (Å²) in [7, 11) is 0. The van der Waals surface area contributed by atoms with Crippen molar-refractivity contribution < 1.29 is 9.90 Å². The summed E-state index contributed by atoms with van der Waals surface area (Å²) in [5.74, 6) is -0.00198. The molecule has 0 saturated heterocycles. The van der Waals surface area contributed by atoms with E-state index in [1.165, 1.54) is 11.5 Å². The van der Waals surface area contributed by atoms with Crippen LogP contribution in [0.25, 0.3) is 0 Å². The van der Waals surface area contributed by atoms with Crippen molar-refractivity contribution in [3.8, 4) is 0 Å². The Morgan fingerprint density at radius 1 is 1.67 bits per heavy atom. The van der Waals surface area contributed by atoms with Gasteiger partial charge in [0.25, 0.3) is 0 Å². The van der Waals surface area contributed by atoms with Gasteiger partial charge in [0.1, 0.15) is 5.82 Å². The fourth-order valence-corrected chi connectivity index (χ4v) is 2.21. The summed E-state index contributed by atoms with van der Waals surface area (Å²) in [4.78, 5) is 16.9. The van der Waals surface area contributed by atoms with Gasteiger partial charge in [-0.15, -0.1) is 0 Å². The summed E-state index contributed by atoms with van der Waals surface area (Å²) in [6.07, 6.45) is 2.44. The Hall–Kier alpha value is -1.17. The number of rotatable bonds is 5. The Kier molecular flexibility index (Phi) is 2.86. The SMILES string of the molecule is Cc1nsc(N(CCC(=O)O)C2CC2)n1. The van der Waals surface area contributed by atoms with E-state index in [0.29, 0.717) is 12.6 Å². The molecule has 1 saturated carbocycles. The van der Waals surface area contributed by atoms with E-state index in [0.717, 1.165) is 23.8 Å². The summed E-state index contributed by atoms with van der Waals surface area (Å²) in [5.41, 5.74) is 0. The van der Waals surface area contributed by atoms with Crippen LogP contribution in [0.1, 0.15) is 25.1 Å². The van der Waals surface area contributed by atoms with Gasteiger partial charge in [0, 0.05) is 24.1 Å². The lowest BCUT2D eigenvalue weighted by molar-refractivity contribution is -0.136. The molecule has 0 aliphatic heterocycles. The van der Waals surface area contributed by atoms with E-state index in [4.69, 9.17) is 5.11 Å². The monoisotopic (exact) mass is 227 g/mol. The molecule has 1 aromatic heterocycles. The fraction of sp³-hybridized carbons (Fsp3) is 0.667. The molecule has 1 fully saturated rings. The van der Waals surface area contributed by atoms with Gasteiger partial charge in [-0.2, -0.15) is 4.37 Å². The molecule has 0 unspecified atom stereocenters. The molecular weight excluding hydrogens is 214 g/mol. The third kappa shape index (κ3) is 2.65. The van der Waals surface area contributed by atoms with E-state index in [9.17, 15) is 4.79 Å². The smallest absolute Gasteiger partial charge is 0.305 e. The molecule has 1 aliphatic rings. The van der Waals surface area contributed by atoms with Gasteiger partial charge in [-0.1, -0.05) is 0 Å². The number of carbonyl (C=O) groups is 1. The largest absolute Gasteiger partial charge is 0.481 e. The second-order valence-corrected chi connectivity index (χ2v) is 4.42. The van der Waals surface area contributed by atoms with Crippen LogP contribution in [0, 0.1) is 6.92 Å². The Morgan fingerprint density at radius 3 is 2.87 bits per heavy atom. The number of nitrogens with zero attached hydrogens (tertiary/aromatic N) is 3. The zero-order valence-corrected chi connectivity index (χ0v) is 9.33. The number of aliphatic carboxylic acids is 1. The third-order valence-electron chi connectivity index (χ3n) is 2.32. The second kappa shape index (κ2) is 4.14. The number of aromatic nitrogens is 2. The molecule has 1 aliphatic carbocycles. The predicted octanol–water partition coefficient (Wildman–Crippen LogP) is 1.29. The Labute approximate surface area is 91.9 Å². The Morgan fingerprint density at radius 2 is 2.40 bits per heavy atom.